The molecular formula is C14H30N2O2. The monoisotopic (exact) mass is 258 g/mol. The summed E-state index contributed by atoms with van der Waals surface area (Å²) in [5.41, 5.74) is 4.74. The fraction of sp³-hybridized carbons (Fsp3) is 0.929. The van der Waals surface area contributed by atoms with Gasteiger partial charge in [-0.2, -0.15) is 0 Å². The summed E-state index contributed by atoms with van der Waals surface area (Å²) >= 11 is 0. The zero-order valence-corrected chi connectivity index (χ0v) is 12.7. The lowest BCUT2D eigenvalue weighted by Crippen LogP contribution is -2.56. The summed E-state index contributed by atoms with van der Waals surface area (Å²) in [7, 11) is 0. The van der Waals surface area contributed by atoms with Crippen LogP contribution in [-0.4, -0.2) is 29.2 Å². The molecule has 1 unspecified atom stereocenters. The van der Waals surface area contributed by atoms with Crippen molar-refractivity contribution in [2.24, 2.45) is 17.1 Å². The third-order valence-corrected chi connectivity index (χ3v) is 4.24. The normalized spacial score (nSPS) is 14.7. The van der Waals surface area contributed by atoms with Crippen LogP contribution < -0.4 is 11.1 Å². The molecule has 0 aromatic heterocycles. The Labute approximate surface area is 111 Å². The second kappa shape index (κ2) is 6.53. The largest absolute Gasteiger partial charge is 0.391 e. The number of hydrogen-bond donors (Lipinski definition) is 3. The Kier molecular flexibility index (Phi) is 6.30. The van der Waals surface area contributed by atoms with Crippen LogP contribution in [0.1, 0.15) is 54.4 Å². The summed E-state index contributed by atoms with van der Waals surface area (Å²) in [6, 6.07) is 0. The number of rotatable bonds is 7. The minimum atomic E-state index is -0.666. The molecular weight excluding hydrogens is 228 g/mol. The molecule has 0 spiro atoms. The predicted octanol–water partition coefficient (Wildman–Crippen LogP) is 1.66. The smallest absolute Gasteiger partial charge is 0.227 e. The molecule has 1 atom stereocenters. The molecule has 0 fully saturated rings. The van der Waals surface area contributed by atoms with E-state index in [1.54, 1.807) is 0 Å². The average molecular weight is 258 g/mol. The van der Waals surface area contributed by atoms with Gasteiger partial charge in [0.25, 0.3) is 0 Å². The first kappa shape index (κ1) is 17.4. The van der Waals surface area contributed by atoms with Crippen molar-refractivity contribution < 1.29 is 9.90 Å². The number of aliphatic hydroxyl groups is 1. The van der Waals surface area contributed by atoms with Crippen LogP contribution in [-0.2, 0) is 4.79 Å². The van der Waals surface area contributed by atoms with E-state index in [1.165, 1.54) is 0 Å². The maximum atomic E-state index is 12.1. The molecule has 18 heavy (non-hydrogen) atoms. The standard InChI is InChI=1S/C14H30N2O2/c1-7-10(8-2)11(17)9-16-12(18)13(3,4)14(5,6)15/h10-11,17H,7-9,15H2,1-6H3,(H,16,18). The molecule has 0 saturated carbocycles. The van der Waals surface area contributed by atoms with Crippen LogP contribution in [0.3, 0.4) is 0 Å². The highest BCUT2D eigenvalue weighted by Gasteiger charge is 2.40. The van der Waals surface area contributed by atoms with Crippen LogP contribution in [0.4, 0.5) is 0 Å². The summed E-state index contributed by atoms with van der Waals surface area (Å²) in [5, 5.41) is 12.8. The van der Waals surface area contributed by atoms with Crippen molar-refractivity contribution in [3.63, 3.8) is 0 Å². The van der Waals surface area contributed by atoms with Crippen LogP contribution in [0.25, 0.3) is 0 Å². The van der Waals surface area contributed by atoms with Gasteiger partial charge in [0.1, 0.15) is 0 Å². The van der Waals surface area contributed by atoms with E-state index in [-0.39, 0.29) is 11.8 Å². The number of carbonyl (C=O) groups is 1. The molecule has 0 rings (SSSR count). The molecule has 0 saturated heterocycles. The average Bonchev–Trinajstić information content (AvgIpc) is 2.25. The van der Waals surface area contributed by atoms with E-state index in [4.69, 9.17) is 5.73 Å². The highest BCUT2D eigenvalue weighted by Crippen LogP contribution is 2.28. The van der Waals surface area contributed by atoms with Gasteiger partial charge in [-0.05, 0) is 33.6 Å². The lowest BCUT2D eigenvalue weighted by Gasteiger charge is -2.37. The third kappa shape index (κ3) is 4.25. The van der Waals surface area contributed by atoms with Gasteiger partial charge in [0.05, 0.1) is 11.5 Å². The Hall–Kier alpha value is -0.610. The van der Waals surface area contributed by atoms with Crippen molar-refractivity contribution in [1.82, 2.24) is 5.32 Å². The summed E-state index contributed by atoms with van der Waals surface area (Å²) < 4.78 is 0. The lowest BCUT2D eigenvalue weighted by molar-refractivity contribution is -0.132. The number of nitrogens with one attached hydrogen (secondary N) is 1. The van der Waals surface area contributed by atoms with Crippen molar-refractivity contribution in [3.8, 4) is 0 Å². The molecule has 0 aromatic carbocycles. The fourth-order valence-corrected chi connectivity index (χ4v) is 1.71. The molecule has 0 aliphatic rings. The van der Waals surface area contributed by atoms with Crippen molar-refractivity contribution in [2.45, 2.75) is 66.0 Å². The predicted molar refractivity (Wildman–Crippen MR) is 75.1 cm³/mol. The summed E-state index contributed by atoms with van der Waals surface area (Å²) in [4.78, 5) is 12.1. The molecule has 0 heterocycles. The Morgan fingerprint density at radius 1 is 1.22 bits per heavy atom. The van der Waals surface area contributed by atoms with Crippen molar-refractivity contribution in [2.75, 3.05) is 6.54 Å². The van der Waals surface area contributed by atoms with E-state index < -0.39 is 17.1 Å². The van der Waals surface area contributed by atoms with Crippen molar-refractivity contribution >= 4 is 5.91 Å². The minimum Gasteiger partial charge on any atom is -0.391 e. The van der Waals surface area contributed by atoms with Gasteiger partial charge in [0.2, 0.25) is 5.91 Å². The molecule has 0 aliphatic heterocycles. The topological polar surface area (TPSA) is 75.3 Å². The second-order valence-electron chi connectivity index (χ2n) is 6.20. The quantitative estimate of drug-likeness (QED) is 0.650. The first-order chi connectivity index (χ1) is 8.07. The number of nitrogens with two attached hydrogens (primary N) is 1. The Balaban J connectivity index is 4.43. The van der Waals surface area contributed by atoms with E-state index in [0.717, 1.165) is 12.8 Å². The van der Waals surface area contributed by atoms with Gasteiger partial charge in [-0.3, -0.25) is 4.79 Å². The van der Waals surface area contributed by atoms with Gasteiger partial charge in [-0.1, -0.05) is 26.7 Å². The van der Waals surface area contributed by atoms with Gasteiger partial charge < -0.3 is 16.2 Å². The van der Waals surface area contributed by atoms with E-state index in [1.807, 2.05) is 41.5 Å². The van der Waals surface area contributed by atoms with E-state index in [2.05, 4.69) is 5.32 Å². The fourth-order valence-electron chi connectivity index (χ4n) is 1.71. The number of hydrogen-bond acceptors (Lipinski definition) is 3. The molecule has 0 aromatic rings. The number of amides is 1. The van der Waals surface area contributed by atoms with Crippen LogP contribution in [0.2, 0.25) is 0 Å². The minimum absolute atomic E-state index is 0.111. The molecule has 4 N–H and O–H groups in total. The van der Waals surface area contributed by atoms with E-state index in [9.17, 15) is 9.90 Å². The maximum absolute atomic E-state index is 12.1. The van der Waals surface area contributed by atoms with Crippen LogP contribution >= 0.6 is 0 Å². The van der Waals surface area contributed by atoms with Crippen LogP contribution in [0.15, 0.2) is 0 Å². The zero-order chi connectivity index (χ0) is 14.6. The Morgan fingerprint density at radius 3 is 2.00 bits per heavy atom. The first-order valence-electron chi connectivity index (χ1n) is 6.83. The Bertz CT molecular complexity index is 265. The summed E-state index contributed by atoms with van der Waals surface area (Å²) in [6.45, 7) is 11.7. The highest BCUT2D eigenvalue weighted by atomic mass is 16.3. The Morgan fingerprint density at radius 2 is 1.67 bits per heavy atom. The van der Waals surface area contributed by atoms with Gasteiger partial charge in [-0.25, -0.2) is 0 Å². The molecule has 4 nitrogen and oxygen atoms in total. The second-order valence-corrected chi connectivity index (χ2v) is 6.20. The maximum Gasteiger partial charge on any atom is 0.227 e. The van der Waals surface area contributed by atoms with E-state index in [0.29, 0.717) is 6.54 Å². The van der Waals surface area contributed by atoms with Crippen LogP contribution in [0.5, 0.6) is 0 Å². The summed E-state index contributed by atoms with van der Waals surface area (Å²) in [6.07, 6.45) is 1.35. The van der Waals surface area contributed by atoms with Gasteiger partial charge >= 0.3 is 0 Å². The third-order valence-electron chi connectivity index (χ3n) is 4.24. The molecule has 0 bridgehead atoms. The van der Waals surface area contributed by atoms with Crippen molar-refractivity contribution in [3.05, 3.63) is 0 Å². The number of carbonyl (C=O) groups excluding carboxylic acids is 1. The van der Waals surface area contributed by atoms with Gasteiger partial charge in [0.15, 0.2) is 0 Å². The van der Waals surface area contributed by atoms with Gasteiger partial charge in [0, 0.05) is 12.1 Å². The molecule has 0 aliphatic carbocycles. The summed E-state index contributed by atoms with van der Waals surface area (Å²) in [5.74, 6) is 0.124. The van der Waals surface area contributed by atoms with Crippen LogP contribution in [0, 0.1) is 11.3 Å². The highest BCUT2D eigenvalue weighted by molar-refractivity contribution is 5.83. The SMILES string of the molecule is CCC(CC)C(O)CNC(=O)C(C)(C)C(C)(C)N. The van der Waals surface area contributed by atoms with Gasteiger partial charge in [-0.15, -0.1) is 0 Å². The molecule has 1 amide bonds. The molecule has 0 radical (unpaired) electrons. The molecule has 108 valence electrons. The zero-order valence-electron chi connectivity index (χ0n) is 12.7. The molecule has 4 heteroatoms. The number of aliphatic hydroxyl groups excluding tert-OH is 1. The lowest BCUT2D eigenvalue weighted by atomic mass is 9.74. The van der Waals surface area contributed by atoms with Crippen molar-refractivity contribution in [1.29, 1.82) is 0 Å². The first-order valence-corrected chi connectivity index (χ1v) is 6.83. The van der Waals surface area contributed by atoms with E-state index >= 15 is 0 Å².